The standard InChI is InChI=1S/C46H54N6O6S2/c1-46(2)25-33(48-32-10-5-8-30(24-32)41-37(26-47)40(58-22-21-53)42(60-41)44(55)57-3)17-20-52(46)59-27-28-7-4-9-31(23-28)49-45(56)51-18-15-29(16-19-51)34-13-14-38-39-35(34)11-6-12-36(39)43(54)50-38/h6,9,11-14,21,23,29-30,32-33,48H,4-5,7-8,10,15-20,22,24-25,27H2,1-3H3,(H,49,56)(H,50,54). The Kier molecular flexibility index (Phi) is 12.7. The number of hydrogen-bond donors (Lipinski definition) is 3. The number of amides is 3. The lowest BCUT2D eigenvalue weighted by Gasteiger charge is -2.46. The molecule has 14 heteroatoms. The normalized spacial score (nSPS) is 23.0. The number of allylic oxidation sites excluding steroid dienone is 2. The highest BCUT2D eigenvalue weighted by atomic mass is 32.2. The monoisotopic (exact) mass is 850 g/mol. The Morgan fingerprint density at radius 1 is 1.08 bits per heavy atom. The Morgan fingerprint density at radius 3 is 2.68 bits per heavy atom. The maximum atomic E-state index is 13.5. The third kappa shape index (κ3) is 8.73. The van der Waals surface area contributed by atoms with E-state index in [-0.39, 0.29) is 40.6 Å². The van der Waals surface area contributed by atoms with Gasteiger partial charge in [-0.2, -0.15) is 5.26 Å². The molecule has 1 aromatic heterocycles. The molecule has 0 bridgehead atoms. The smallest absolute Gasteiger partial charge is 0.351 e. The van der Waals surface area contributed by atoms with Gasteiger partial charge in [0.25, 0.3) is 5.91 Å². The SMILES string of the molecule is COC(=O)c1sc(C2CCCC(NC3CCN(SCC4=CC(NC(=O)N5CCC(c6ccc7c8c(cccc68)C(=O)N7)CC5)=CCC4)C(C)(C)C3)C2)c(C#N)c1OCC=O. The summed E-state index contributed by atoms with van der Waals surface area (Å²) in [7, 11) is 1.30. The highest BCUT2D eigenvalue weighted by molar-refractivity contribution is 7.97. The van der Waals surface area contributed by atoms with Gasteiger partial charge in [-0.1, -0.05) is 48.2 Å². The molecule has 1 saturated carbocycles. The number of likely N-dealkylation sites (tertiary alicyclic amines) is 1. The summed E-state index contributed by atoms with van der Waals surface area (Å²) in [6.07, 6.45) is 14.5. The number of urea groups is 1. The third-order valence-electron chi connectivity index (χ3n) is 12.9. The van der Waals surface area contributed by atoms with Gasteiger partial charge >= 0.3 is 12.0 Å². The minimum absolute atomic E-state index is 0.0219. The number of ether oxygens (including phenoxy) is 2. The summed E-state index contributed by atoms with van der Waals surface area (Å²) in [6, 6.07) is 13.0. The molecular weight excluding hydrogens is 797 g/mol. The van der Waals surface area contributed by atoms with Crippen LogP contribution in [0.25, 0.3) is 10.8 Å². The molecule has 5 aliphatic rings. The van der Waals surface area contributed by atoms with E-state index in [1.807, 2.05) is 35.0 Å². The number of piperidine rings is 2. The van der Waals surface area contributed by atoms with E-state index in [1.165, 1.54) is 29.6 Å². The summed E-state index contributed by atoms with van der Waals surface area (Å²) in [5.41, 5.74) is 5.43. The number of nitrogens with one attached hydrogen (secondary N) is 3. The molecule has 0 radical (unpaired) electrons. The van der Waals surface area contributed by atoms with Crippen LogP contribution in [0, 0.1) is 11.3 Å². The van der Waals surface area contributed by atoms with Crippen molar-refractivity contribution in [2.75, 3.05) is 44.4 Å². The molecule has 8 rings (SSSR count). The fourth-order valence-electron chi connectivity index (χ4n) is 9.98. The Bertz CT molecular complexity index is 2270. The highest BCUT2D eigenvalue weighted by Crippen LogP contribution is 2.46. The van der Waals surface area contributed by atoms with E-state index < -0.39 is 5.97 Å². The summed E-state index contributed by atoms with van der Waals surface area (Å²) in [6.45, 7) is 6.76. The predicted molar refractivity (Wildman–Crippen MR) is 236 cm³/mol. The molecule has 0 spiro atoms. The number of methoxy groups -OCH3 is 1. The van der Waals surface area contributed by atoms with Crippen molar-refractivity contribution in [3.05, 3.63) is 80.2 Å². The Morgan fingerprint density at radius 2 is 1.92 bits per heavy atom. The van der Waals surface area contributed by atoms with Gasteiger partial charge in [0, 0.05) is 70.2 Å². The molecule has 3 atom stereocenters. The van der Waals surface area contributed by atoms with Crippen LogP contribution < -0.4 is 20.7 Å². The first-order chi connectivity index (χ1) is 29.1. The van der Waals surface area contributed by atoms with E-state index in [2.05, 4.69) is 64.5 Å². The number of thiophene rings is 1. The summed E-state index contributed by atoms with van der Waals surface area (Å²) in [5.74, 6) is 0.895. The van der Waals surface area contributed by atoms with Gasteiger partial charge in [-0.3, -0.25) is 9.59 Å². The average Bonchev–Trinajstić information content (AvgIpc) is 3.80. The molecule has 3 N–H and O–H groups in total. The topological polar surface area (TPSA) is 153 Å². The van der Waals surface area contributed by atoms with E-state index >= 15 is 0 Å². The van der Waals surface area contributed by atoms with Gasteiger partial charge in [0.1, 0.15) is 18.2 Å². The molecule has 3 aromatic rings. The molecule has 2 aliphatic carbocycles. The number of esters is 1. The number of benzene rings is 2. The van der Waals surface area contributed by atoms with Crippen molar-refractivity contribution >= 4 is 63.9 Å². The van der Waals surface area contributed by atoms with E-state index in [0.717, 1.165) is 109 Å². The van der Waals surface area contributed by atoms with Crippen molar-refractivity contribution in [2.45, 2.75) is 108 Å². The lowest BCUT2D eigenvalue weighted by Crippen LogP contribution is -2.54. The van der Waals surface area contributed by atoms with Gasteiger partial charge in [-0.15, -0.1) is 11.3 Å². The minimum Gasteiger partial charge on any atom is -0.483 e. The number of aldehydes is 1. The number of carbonyl (C=O) groups is 4. The van der Waals surface area contributed by atoms with E-state index in [1.54, 1.807) is 0 Å². The Balaban J connectivity index is 0.810. The first-order valence-electron chi connectivity index (χ1n) is 21.3. The molecular formula is C46H54N6O6S2. The van der Waals surface area contributed by atoms with Crippen LogP contribution >= 0.6 is 23.3 Å². The second kappa shape index (κ2) is 18.1. The molecule has 2 aromatic carbocycles. The predicted octanol–water partition coefficient (Wildman–Crippen LogP) is 8.40. The molecule has 3 amide bonds. The minimum atomic E-state index is -0.558. The molecule has 4 heterocycles. The number of hydrogen-bond acceptors (Lipinski definition) is 11. The van der Waals surface area contributed by atoms with Crippen LogP contribution in [0.15, 0.2) is 53.8 Å². The van der Waals surface area contributed by atoms with Crippen LogP contribution in [0.5, 0.6) is 5.75 Å². The van der Waals surface area contributed by atoms with Crippen LogP contribution in [0.2, 0.25) is 0 Å². The fourth-order valence-corrected chi connectivity index (χ4v) is 12.4. The largest absolute Gasteiger partial charge is 0.483 e. The molecule has 316 valence electrons. The van der Waals surface area contributed by atoms with Crippen molar-refractivity contribution in [2.24, 2.45) is 0 Å². The van der Waals surface area contributed by atoms with E-state index in [9.17, 15) is 24.4 Å². The first kappa shape index (κ1) is 42.0. The van der Waals surface area contributed by atoms with Crippen LogP contribution in [0.3, 0.4) is 0 Å². The van der Waals surface area contributed by atoms with Gasteiger partial charge in [0.15, 0.2) is 16.9 Å². The van der Waals surface area contributed by atoms with Gasteiger partial charge in [0.2, 0.25) is 0 Å². The number of rotatable bonds is 12. The Labute approximate surface area is 360 Å². The van der Waals surface area contributed by atoms with Crippen LogP contribution in [-0.4, -0.2) is 90.1 Å². The lowest BCUT2D eigenvalue weighted by atomic mass is 9.82. The van der Waals surface area contributed by atoms with E-state index in [0.29, 0.717) is 42.9 Å². The molecule has 3 fully saturated rings. The van der Waals surface area contributed by atoms with Crippen LogP contribution in [0.4, 0.5) is 10.5 Å². The fraction of sp³-hybridized carbons (Fsp3) is 0.500. The number of carbonyl (C=O) groups excluding carboxylic acids is 4. The number of nitrogens with zero attached hydrogens (tertiary/aromatic N) is 3. The van der Waals surface area contributed by atoms with Crippen molar-refractivity contribution < 1.29 is 28.7 Å². The number of nitriles is 1. The zero-order valence-corrected chi connectivity index (χ0v) is 36.3. The second-order valence-corrected chi connectivity index (χ2v) is 19.3. The van der Waals surface area contributed by atoms with Gasteiger partial charge in [-0.05, 0) is 113 Å². The van der Waals surface area contributed by atoms with Crippen molar-refractivity contribution in [1.82, 2.24) is 19.8 Å². The summed E-state index contributed by atoms with van der Waals surface area (Å²) in [5, 5.41) is 22.4. The molecule has 2 saturated heterocycles. The van der Waals surface area contributed by atoms with E-state index in [4.69, 9.17) is 9.47 Å². The highest BCUT2D eigenvalue weighted by Gasteiger charge is 2.38. The quantitative estimate of drug-likeness (QED) is 0.0920. The molecule has 3 aliphatic heterocycles. The zero-order valence-electron chi connectivity index (χ0n) is 34.6. The van der Waals surface area contributed by atoms with Crippen LogP contribution in [0.1, 0.15) is 126 Å². The summed E-state index contributed by atoms with van der Waals surface area (Å²) < 4.78 is 13.1. The molecule has 3 unspecified atom stereocenters. The number of anilines is 1. The van der Waals surface area contributed by atoms with Gasteiger partial charge in [0.05, 0.1) is 7.11 Å². The van der Waals surface area contributed by atoms with Crippen LogP contribution in [-0.2, 0) is 9.53 Å². The third-order valence-corrected chi connectivity index (χ3v) is 15.7. The Hall–Kier alpha value is -4.68. The van der Waals surface area contributed by atoms with Gasteiger partial charge < -0.3 is 30.3 Å². The lowest BCUT2D eigenvalue weighted by molar-refractivity contribution is -0.109. The first-order valence-corrected chi connectivity index (χ1v) is 23.0. The maximum absolute atomic E-state index is 13.5. The van der Waals surface area contributed by atoms with Crippen molar-refractivity contribution in [1.29, 1.82) is 5.26 Å². The zero-order chi connectivity index (χ0) is 42.0. The summed E-state index contributed by atoms with van der Waals surface area (Å²) in [4.78, 5) is 52.5. The second-order valence-electron chi connectivity index (χ2n) is 17.3. The van der Waals surface area contributed by atoms with Crippen molar-refractivity contribution in [3.63, 3.8) is 0 Å². The summed E-state index contributed by atoms with van der Waals surface area (Å²) >= 11 is 3.15. The molecule has 12 nitrogen and oxygen atoms in total. The maximum Gasteiger partial charge on any atom is 0.351 e. The molecule has 60 heavy (non-hydrogen) atoms. The average molecular weight is 851 g/mol. The van der Waals surface area contributed by atoms with Crippen molar-refractivity contribution in [3.8, 4) is 11.8 Å². The van der Waals surface area contributed by atoms with Gasteiger partial charge in [-0.25, -0.2) is 13.9 Å².